The van der Waals surface area contributed by atoms with Crippen molar-refractivity contribution in [3.05, 3.63) is 16.0 Å². The van der Waals surface area contributed by atoms with Crippen molar-refractivity contribution in [2.24, 2.45) is 5.84 Å². The number of carbonyl (C=O) groups excluding carboxylic acids is 1. The molecule has 0 spiro atoms. The van der Waals surface area contributed by atoms with Crippen LogP contribution in [-0.2, 0) is 4.79 Å². The van der Waals surface area contributed by atoms with Crippen molar-refractivity contribution in [3.8, 4) is 0 Å². The third-order valence-electron chi connectivity index (χ3n) is 1.97. The van der Waals surface area contributed by atoms with Crippen molar-refractivity contribution >= 4 is 28.5 Å². The highest BCUT2D eigenvalue weighted by atomic mass is 127. The van der Waals surface area contributed by atoms with Crippen LogP contribution in [0.1, 0.15) is 25.8 Å². The molecule has 1 aromatic rings. The normalized spacial score (nSPS) is 12.5. The van der Waals surface area contributed by atoms with Gasteiger partial charge in [0.15, 0.2) is 0 Å². The van der Waals surface area contributed by atoms with Crippen molar-refractivity contribution in [1.29, 1.82) is 0 Å². The van der Waals surface area contributed by atoms with Crippen LogP contribution in [-0.4, -0.2) is 15.7 Å². The number of hydrogen-bond acceptors (Lipinski definition) is 3. The third-order valence-corrected chi connectivity index (χ3v) is 2.53. The van der Waals surface area contributed by atoms with Crippen LogP contribution in [0.2, 0.25) is 0 Å². The van der Waals surface area contributed by atoms with Gasteiger partial charge in [0.05, 0.1) is 9.77 Å². The zero-order valence-corrected chi connectivity index (χ0v) is 10.1. The lowest BCUT2D eigenvalue weighted by Crippen LogP contribution is -2.30. The van der Waals surface area contributed by atoms with Gasteiger partial charge in [-0.05, 0) is 35.9 Å². The molecule has 6 heteroatoms. The number of amides is 1. The minimum atomic E-state index is -0.140. The molecule has 1 amide bonds. The molecule has 0 saturated carbocycles. The third kappa shape index (κ3) is 3.26. The summed E-state index contributed by atoms with van der Waals surface area (Å²) in [7, 11) is 0. The maximum atomic E-state index is 10.9. The number of halogens is 1. The first kappa shape index (κ1) is 11.4. The summed E-state index contributed by atoms with van der Waals surface area (Å²) in [5.74, 6) is 4.84. The van der Waals surface area contributed by atoms with Gasteiger partial charge in [-0.3, -0.25) is 14.9 Å². The van der Waals surface area contributed by atoms with Gasteiger partial charge in [0.25, 0.3) is 0 Å². The molecule has 0 aromatic carbocycles. The van der Waals surface area contributed by atoms with Crippen molar-refractivity contribution in [1.82, 2.24) is 15.2 Å². The molecule has 0 aliphatic rings. The van der Waals surface area contributed by atoms with E-state index in [1.165, 1.54) is 0 Å². The van der Waals surface area contributed by atoms with E-state index in [1.54, 1.807) is 6.20 Å². The Bertz CT molecular complexity index is 312. The van der Waals surface area contributed by atoms with Gasteiger partial charge in [-0.25, -0.2) is 5.84 Å². The van der Waals surface area contributed by atoms with Crippen LogP contribution in [0.15, 0.2) is 12.4 Å². The number of aromatic nitrogens is 2. The monoisotopic (exact) mass is 308 g/mol. The molecule has 1 unspecified atom stereocenters. The highest BCUT2D eigenvalue weighted by Gasteiger charge is 2.08. The van der Waals surface area contributed by atoms with Crippen LogP contribution >= 0.6 is 22.6 Å². The Balaban J connectivity index is 2.42. The lowest BCUT2D eigenvalue weighted by Gasteiger charge is -2.10. The Morgan fingerprint density at radius 1 is 1.86 bits per heavy atom. The molecule has 78 valence electrons. The lowest BCUT2D eigenvalue weighted by atomic mass is 10.2. The molecule has 5 nitrogen and oxygen atoms in total. The zero-order chi connectivity index (χ0) is 10.6. The minimum Gasteiger partial charge on any atom is -0.294 e. The number of rotatable bonds is 4. The molecule has 14 heavy (non-hydrogen) atoms. The minimum absolute atomic E-state index is 0.140. The zero-order valence-electron chi connectivity index (χ0n) is 7.90. The van der Waals surface area contributed by atoms with E-state index in [9.17, 15) is 4.79 Å². The van der Waals surface area contributed by atoms with Crippen molar-refractivity contribution in [2.75, 3.05) is 0 Å². The van der Waals surface area contributed by atoms with Gasteiger partial charge in [-0.1, -0.05) is 0 Å². The molecule has 0 aliphatic carbocycles. The summed E-state index contributed by atoms with van der Waals surface area (Å²) in [4.78, 5) is 10.9. The molecule has 0 aliphatic heterocycles. The fourth-order valence-electron chi connectivity index (χ4n) is 1.10. The van der Waals surface area contributed by atoms with Crippen LogP contribution in [0, 0.1) is 3.57 Å². The predicted molar refractivity (Wildman–Crippen MR) is 61.2 cm³/mol. The van der Waals surface area contributed by atoms with E-state index in [0.717, 1.165) is 9.99 Å². The number of hydrazine groups is 1. The van der Waals surface area contributed by atoms with Crippen LogP contribution in [0.4, 0.5) is 0 Å². The summed E-state index contributed by atoms with van der Waals surface area (Å²) in [6, 6.07) is 0.218. The van der Waals surface area contributed by atoms with Crippen molar-refractivity contribution in [3.63, 3.8) is 0 Å². The van der Waals surface area contributed by atoms with Crippen LogP contribution < -0.4 is 11.3 Å². The number of nitrogens with two attached hydrogens (primary N) is 1. The fourth-order valence-corrected chi connectivity index (χ4v) is 1.51. The Kier molecular flexibility index (Phi) is 4.33. The average molecular weight is 308 g/mol. The SMILES string of the molecule is CC(CCC(=O)NN)n1cc(I)cn1. The Hall–Kier alpha value is -0.630. The van der Waals surface area contributed by atoms with E-state index in [2.05, 4.69) is 33.1 Å². The maximum absolute atomic E-state index is 10.9. The predicted octanol–water partition coefficient (Wildman–Crippen LogP) is 0.819. The van der Waals surface area contributed by atoms with Gasteiger partial charge in [-0.15, -0.1) is 0 Å². The van der Waals surface area contributed by atoms with E-state index in [4.69, 9.17) is 5.84 Å². The number of carbonyl (C=O) groups is 1. The van der Waals surface area contributed by atoms with E-state index in [1.807, 2.05) is 17.8 Å². The van der Waals surface area contributed by atoms with Gasteiger partial charge < -0.3 is 0 Å². The first-order valence-corrected chi connectivity index (χ1v) is 5.40. The standard InChI is InChI=1S/C8H13IN4O/c1-6(2-3-8(14)12-10)13-5-7(9)4-11-13/h4-6H,2-3,10H2,1H3,(H,12,14). The van der Waals surface area contributed by atoms with Crippen LogP contribution in [0.25, 0.3) is 0 Å². The summed E-state index contributed by atoms with van der Waals surface area (Å²) in [5, 5.41) is 4.17. The topological polar surface area (TPSA) is 72.9 Å². The molecular formula is C8H13IN4O. The van der Waals surface area contributed by atoms with Gasteiger partial charge in [0, 0.05) is 18.7 Å². The van der Waals surface area contributed by atoms with Gasteiger partial charge in [-0.2, -0.15) is 5.10 Å². The summed E-state index contributed by atoms with van der Waals surface area (Å²) >= 11 is 2.20. The largest absolute Gasteiger partial charge is 0.294 e. The second kappa shape index (κ2) is 5.30. The lowest BCUT2D eigenvalue weighted by molar-refractivity contribution is -0.121. The van der Waals surface area contributed by atoms with Crippen molar-refractivity contribution < 1.29 is 4.79 Å². The molecule has 0 radical (unpaired) electrons. The summed E-state index contributed by atoms with van der Waals surface area (Å²) in [6.07, 6.45) is 4.90. The molecule has 1 atom stereocenters. The number of nitrogens with one attached hydrogen (secondary N) is 1. The van der Waals surface area contributed by atoms with Crippen LogP contribution in [0.5, 0.6) is 0 Å². The summed E-state index contributed by atoms with van der Waals surface area (Å²) in [5.41, 5.74) is 2.11. The van der Waals surface area contributed by atoms with E-state index in [0.29, 0.717) is 6.42 Å². The van der Waals surface area contributed by atoms with Gasteiger partial charge in [0.2, 0.25) is 5.91 Å². The van der Waals surface area contributed by atoms with Gasteiger partial charge in [0.1, 0.15) is 0 Å². The quantitative estimate of drug-likeness (QED) is 0.374. The molecule has 0 fully saturated rings. The first-order chi connectivity index (χ1) is 6.63. The fraction of sp³-hybridized carbons (Fsp3) is 0.500. The van der Waals surface area contributed by atoms with Crippen LogP contribution in [0.3, 0.4) is 0 Å². The van der Waals surface area contributed by atoms with Gasteiger partial charge >= 0.3 is 0 Å². The molecule has 0 saturated heterocycles. The first-order valence-electron chi connectivity index (χ1n) is 4.32. The average Bonchev–Trinajstić information content (AvgIpc) is 2.60. The Morgan fingerprint density at radius 2 is 2.57 bits per heavy atom. The highest BCUT2D eigenvalue weighted by Crippen LogP contribution is 2.13. The second-order valence-electron chi connectivity index (χ2n) is 3.09. The van der Waals surface area contributed by atoms with Crippen molar-refractivity contribution in [2.45, 2.75) is 25.8 Å². The number of nitrogens with zero attached hydrogens (tertiary/aromatic N) is 2. The molecule has 0 bridgehead atoms. The highest BCUT2D eigenvalue weighted by molar-refractivity contribution is 14.1. The Labute approximate surface area is 96.1 Å². The second-order valence-corrected chi connectivity index (χ2v) is 4.34. The molecule has 1 heterocycles. The molecular weight excluding hydrogens is 295 g/mol. The van der Waals surface area contributed by atoms with E-state index >= 15 is 0 Å². The summed E-state index contributed by atoms with van der Waals surface area (Å²) in [6.45, 7) is 2.02. The smallest absolute Gasteiger partial charge is 0.233 e. The maximum Gasteiger partial charge on any atom is 0.233 e. The summed E-state index contributed by atoms with van der Waals surface area (Å²) < 4.78 is 2.95. The Morgan fingerprint density at radius 3 is 3.07 bits per heavy atom. The molecule has 1 aromatic heterocycles. The number of hydrogen-bond donors (Lipinski definition) is 2. The molecule has 3 N–H and O–H groups in total. The molecule has 1 rings (SSSR count). The van der Waals surface area contributed by atoms with E-state index < -0.39 is 0 Å². The van der Waals surface area contributed by atoms with E-state index in [-0.39, 0.29) is 11.9 Å².